The molecule has 0 aliphatic carbocycles. The van der Waals surface area contributed by atoms with Crippen molar-refractivity contribution in [3.63, 3.8) is 0 Å². The molecule has 0 radical (unpaired) electrons. The highest BCUT2D eigenvalue weighted by molar-refractivity contribution is 5.70. The lowest BCUT2D eigenvalue weighted by molar-refractivity contribution is -0.156. The van der Waals surface area contributed by atoms with E-state index >= 15 is 0 Å². The highest BCUT2D eigenvalue weighted by Crippen LogP contribution is 2.08. The van der Waals surface area contributed by atoms with Crippen LogP contribution >= 0.6 is 0 Å². The zero-order valence-corrected chi connectivity index (χ0v) is 29.9. The number of carbonyl (C=O) groups excluding carboxylic acids is 2. The maximum absolute atomic E-state index is 11.7. The molecule has 13 heteroatoms. The van der Waals surface area contributed by atoms with Crippen molar-refractivity contribution >= 4 is 11.9 Å². The summed E-state index contributed by atoms with van der Waals surface area (Å²) >= 11 is 0. The Bertz CT molecular complexity index is 673. The first-order valence-corrected chi connectivity index (χ1v) is 17.4. The molecule has 0 aromatic carbocycles. The zero-order valence-electron chi connectivity index (χ0n) is 29.9. The van der Waals surface area contributed by atoms with Gasteiger partial charge in [0.2, 0.25) is 0 Å². The van der Waals surface area contributed by atoms with Crippen molar-refractivity contribution in [2.75, 3.05) is 126 Å². The van der Waals surface area contributed by atoms with E-state index in [0.717, 1.165) is 12.8 Å². The Morgan fingerprint density at radius 3 is 1.06 bits per heavy atom. The van der Waals surface area contributed by atoms with Crippen molar-refractivity contribution in [2.24, 2.45) is 0 Å². The molecule has 0 rings (SSSR count). The lowest BCUT2D eigenvalue weighted by Gasteiger charge is -2.19. The molecule has 0 saturated heterocycles. The first-order chi connectivity index (χ1) is 22.8. The van der Waals surface area contributed by atoms with Crippen LogP contribution in [0.25, 0.3) is 0 Å². The summed E-state index contributed by atoms with van der Waals surface area (Å²) in [5.41, 5.74) is -0.475. The largest absolute Gasteiger partial charge is 0.463 e. The van der Waals surface area contributed by atoms with Gasteiger partial charge in [-0.05, 0) is 27.2 Å². The highest BCUT2D eigenvalue weighted by atomic mass is 16.6. The van der Waals surface area contributed by atoms with E-state index in [2.05, 4.69) is 6.92 Å². The summed E-state index contributed by atoms with van der Waals surface area (Å²) < 4.78 is 59.4. The van der Waals surface area contributed by atoms with E-state index < -0.39 is 5.60 Å². The predicted octanol–water partition coefficient (Wildman–Crippen LogP) is 4.16. The van der Waals surface area contributed by atoms with Gasteiger partial charge in [-0.15, -0.1) is 0 Å². The van der Waals surface area contributed by atoms with E-state index in [0.29, 0.717) is 125 Å². The van der Waals surface area contributed by atoms with Crippen LogP contribution in [0.15, 0.2) is 0 Å². The van der Waals surface area contributed by atoms with Crippen LogP contribution in [0.4, 0.5) is 0 Å². The topological polar surface area (TPSA) is 136 Å². The second-order valence-corrected chi connectivity index (χ2v) is 11.6. The Hall–Kier alpha value is -1.42. The first-order valence-electron chi connectivity index (χ1n) is 17.4. The standard InChI is InChI=1S/C34H66O13/c1-5-6-7-8-9-10-11-32(35)46-31-30-45-29-28-44-27-26-43-25-24-42-23-22-41-21-20-40-19-18-39-17-16-38-15-14-37-13-12-33(36)47-34(2,3)4/h5-31H2,1-4H3. The number of ether oxygens (including phenoxy) is 11. The van der Waals surface area contributed by atoms with E-state index in [9.17, 15) is 9.59 Å². The SMILES string of the molecule is CCCCCCCCC(=O)OCCOCCOCCOCCOCCOCCOCCOCCOCCOCCC(=O)OC(C)(C)C. The molecule has 280 valence electrons. The molecule has 0 atom stereocenters. The van der Waals surface area contributed by atoms with Gasteiger partial charge in [0.25, 0.3) is 0 Å². The van der Waals surface area contributed by atoms with Gasteiger partial charge in [0.15, 0.2) is 0 Å². The molecule has 0 aromatic rings. The van der Waals surface area contributed by atoms with Crippen LogP contribution in [0.3, 0.4) is 0 Å². The van der Waals surface area contributed by atoms with Gasteiger partial charge < -0.3 is 52.1 Å². The number of unbranched alkanes of at least 4 members (excludes halogenated alkanes) is 5. The van der Waals surface area contributed by atoms with Crippen molar-refractivity contribution < 1.29 is 61.7 Å². The van der Waals surface area contributed by atoms with Crippen LogP contribution in [0.1, 0.15) is 79.1 Å². The summed E-state index contributed by atoms with van der Waals surface area (Å²) in [6, 6.07) is 0. The third-order valence-electron chi connectivity index (χ3n) is 6.07. The molecule has 0 N–H and O–H groups in total. The average molecular weight is 683 g/mol. The van der Waals surface area contributed by atoms with Crippen LogP contribution in [0.2, 0.25) is 0 Å². The first kappa shape index (κ1) is 45.6. The second-order valence-electron chi connectivity index (χ2n) is 11.6. The third-order valence-corrected chi connectivity index (χ3v) is 6.07. The molecule has 0 spiro atoms. The highest BCUT2D eigenvalue weighted by Gasteiger charge is 2.15. The molecule has 13 nitrogen and oxygen atoms in total. The van der Waals surface area contributed by atoms with Gasteiger partial charge in [-0.2, -0.15) is 0 Å². The van der Waals surface area contributed by atoms with Crippen LogP contribution < -0.4 is 0 Å². The maximum atomic E-state index is 11.7. The molecule has 0 aliphatic rings. The molecule has 0 unspecified atom stereocenters. The number of rotatable bonds is 37. The van der Waals surface area contributed by atoms with Crippen LogP contribution in [0, 0.1) is 0 Å². The molecule has 0 amide bonds. The van der Waals surface area contributed by atoms with Crippen LogP contribution in [-0.2, 0) is 61.7 Å². The lowest BCUT2D eigenvalue weighted by Crippen LogP contribution is -2.24. The monoisotopic (exact) mass is 682 g/mol. The minimum Gasteiger partial charge on any atom is -0.463 e. The van der Waals surface area contributed by atoms with Gasteiger partial charge >= 0.3 is 11.9 Å². The zero-order chi connectivity index (χ0) is 34.5. The Morgan fingerprint density at radius 2 is 0.702 bits per heavy atom. The molecule has 0 saturated carbocycles. The van der Waals surface area contributed by atoms with Gasteiger partial charge in [0.1, 0.15) is 12.2 Å². The molecule has 0 aromatic heterocycles. The predicted molar refractivity (Wildman–Crippen MR) is 177 cm³/mol. The van der Waals surface area contributed by atoms with Crippen molar-refractivity contribution in [3.05, 3.63) is 0 Å². The summed E-state index contributed by atoms with van der Waals surface area (Å²) in [6.07, 6.45) is 7.64. The van der Waals surface area contributed by atoms with E-state index in [4.69, 9.17) is 52.1 Å². The Balaban J connectivity index is 3.14. The number of hydrogen-bond acceptors (Lipinski definition) is 13. The minimum atomic E-state index is -0.475. The van der Waals surface area contributed by atoms with Gasteiger partial charge in [0, 0.05) is 6.42 Å². The second kappa shape index (κ2) is 35.9. The summed E-state index contributed by atoms with van der Waals surface area (Å²) in [6.45, 7) is 16.3. The third kappa shape index (κ3) is 40.7. The number of carbonyl (C=O) groups is 2. The summed E-state index contributed by atoms with van der Waals surface area (Å²) in [4.78, 5) is 23.2. The molecule has 0 heterocycles. The maximum Gasteiger partial charge on any atom is 0.308 e. The van der Waals surface area contributed by atoms with E-state index in [1.165, 1.54) is 25.7 Å². The van der Waals surface area contributed by atoms with Crippen LogP contribution in [-0.4, -0.2) is 143 Å². The van der Waals surface area contributed by atoms with Crippen molar-refractivity contribution in [1.82, 2.24) is 0 Å². The number of esters is 2. The van der Waals surface area contributed by atoms with Gasteiger partial charge in [0.05, 0.1) is 125 Å². The lowest BCUT2D eigenvalue weighted by atomic mass is 10.1. The van der Waals surface area contributed by atoms with Crippen molar-refractivity contribution in [2.45, 2.75) is 84.7 Å². The minimum absolute atomic E-state index is 0.147. The van der Waals surface area contributed by atoms with Gasteiger partial charge in [-0.1, -0.05) is 39.0 Å². The summed E-state index contributed by atoms with van der Waals surface area (Å²) in [5.74, 6) is -0.413. The van der Waals surface area contributed by atoms with Gasteiger partial charge in [-0.3, -0.25) is 9.59 Å². The Morgan fingerprint density at radius 1 is 0.383 bits per heavy atom. The Kier molecular flexibility index (Phi) is 34.8. The van der Waals surface area contributed by atoms with E-state index in [-0.39, 0.29) is 25.0 Å². The fourth-order valence-corrected chi connectivity index (χ4v) is 3.75. The molecule has 0 aliphatic heterocycles. The quantitative estimate of drug-likeness (QED) is 0.0686. The number of hydrogen-bond donors (Lipinski definition) is 0. The van der Waals surface area contributed by atoms with E-state index in [1.807, 2.05) is 20.8 Å². The molecular weight excluding hydrogens is 616 g/mol. The van der Waals surface area contributed by atoms with Crippen LogP contribution in [0.5, 0.6) is 0 Å². The average Bonchev–Trinajstić information content (AvgIpc) is 3.02. The van der Waals surface area contributed by atoms with Gasteiger partial charge in [-0.25, -0.2) is 0 Å². The Labute approximate surface area is 283 Å². The molecule has 0 bridgehead atoms. The fourth-order valence-electron chi connectivity index (χ4n) is 3.75. The van der Waals surface area contributed by atoms with Crippen molar-refractivity contribution in [1.29, 1.82) is 0 Å². The molecule has 47 heavy (non-hydrogen) atoms. The summed E-state index contributed by atoms with van der Waals surface area (Å²) in [7, 11) is 0. The molecule has 0 fully saturated rings. The smallest absolute Gasteiger partial charge is 0.308 e. The van der Waals surface area contributed by atoms with E-state index in [1.54, 1.807) is 0 Å². The molecular formula is C34H66O13. The normalized spacial score (nSPS) is 11.7. The van der Waals surface area contributed by atoms with Crippen molar-refractivity contribution in [3.8, 4) is 0 Å². The fraction of sp³-hybridized carbons (Fsp3) is 0.941. The summed E-state index contributed by atoms with van der Waals surface area (Å²) in [5, 5.41) is 0.